The predicted octanol–water partition coefficient (Wildman–Crippen LogP) is 3.89. The molecule has 0 spiro atoms. The number of rotatable bonds is 8. The third-order valence-electron chi connectivity index (χ3n) is 4.43. The van der Waals surface area contributed by atoms with Gasteiger partial charge in [-0.25, -0.2) is 4.79 Å². The second-order valence-corrected chi connectivity index (χ2v) is 7.00. The average Bonchev–Trinajstić information content (AvgIpc) is 2.60. The van der Waals surface area contributed by atoms with Gasteiger partial charge in [0, 0.05) is 13.3 Å². The Morgan fingerprint density at radius 3 is 2.32 bits per heavy atom. The highest BCUT2D eigenvalue weighted by molar-refractivity contribution is 5.82. The van der Waals surface area contributed by atoms with Gasteiger partial charge >= 0.3 is 5.97 Å². The lowest BCUT2D eigenvalue weighted by molar-refractivity contribution is -0.141. The number of hydrogen-bond acceptors (Lipinski definition) is 4. The van der Waals surface area contributed by atoms with Gasteiger partial charge < -0.3 is 20.3 Å². The van der Waals surface area contributed by atoms with Crippen molar-refractivity contribution < 1.29 is 24.5 Å². The molecule has 1 amide bonds. The summed E-state index contributed by atoms with van der Waals surface area (Å²) in [5, 5.41) is 21.7. The van der Waals surface area contributed by atoms with E-state index in [0.29, 0.717) is 11.5 Å². The molecule has 2 aromatic carbocycles. The molecule has 0 saturated carbocycles. The minimum Gasteiger partial charge on any atom is -0.508 e. The van der Waals surface area contributed by atoms with Crippen molar-refractivity contribution in [3.05, 3.63) is 52.6 Å². The normalized spacial score (nSPS) is 11.7. The summed E-state index contributed by atoms with van der Waals surface area (Å²) in [4.78, 5) is 22.6. The maximum atomic E-state index is 11.4. The fourth-order valence-electron chi connectivity index (χ4n) is 3.21. The first-order valence-corrected chi connectivity index (χ1v) is 9.31. The summed E-state index contributed by atoms with van der Waals surface area (Å²) < 4.78 is 6.06. The number of aromatic hydroxyl groups is 1. The monoisotopic (exact) mass is 385 g/mol. The van der Waals surface area contributed by atoms with Gasteiger partial charge in [0.2, 0.25) is 5.91 Å². The molecule has 0 aliphatic heterocycles. The number of phenolic OH excluding ortho intramolecular Hbond substituents is 1. The topological polar surface area (TPSA) is 95.9 Å². The van der Waals surface area contributed by atoms with E-state index >= 15 is 0 Å². The van der Waals surface area contributed by atoms with Gasteiger partial charge in [-0.2, -0.15) is 0 Å². The number of carboxylic acids is 1. The molecule has 3 N–H and O–H groups in total. The van der Waals surface area contributed by atoms with E-state index in [1.54, 1.807) is 12.1 Å². The number of ether oxygens (including phenoxy) is 1. The van der Waals surface area contributed by atoms with E-state index in [9.17, 15) is 19.8 Å². The van der Waals surface area contributed by atoms with Gasteiger partial charge in [-0.1, -0.05) is 25.5 Å². The Morgan fingerprint density at radius 2 is 1.79 bits per heavy atom. The van der Waals surface area contributed by atoms with Crippen molar-refractivity contribution in [1.82, 2.24) is 5.32 Å². The molecule has 1 atom stereocenters. The lowest BCUT2D eigenvalue weighted by Gasteiger charge is -2.17. The fourth-order valence-corrected chi connectivity index (χ4v) is 3.21. The SMILES string of the molecule is CCCc1cc(Oc2c(C)cc(C[C@H](NC(C)=O)C(=O)O)cc2C)ccc1O. The number of aliphatic carboxylic acids is 1. The quantitative estimate of drug-likeness (QED) is 0.641. The van der Waals surface area contributed by atoms with Crippen molar-refractivity contribution in [2.45, 2.75) is 53.0 Å². The maximum Gasteiger partial charge on any atom is 0.326 e. The van der Waals surface area contributed by atoms with Gasteiger partial charge in [0.15, 0.2) is 0 Å². The lowest BCUT2D eigenvalue weighted by Crippen LogP contribution is -2.41. The summed E-state index contributed by atoms with van der Waals surface area (Å²) >= 11 is 0. The van der Waals surface area contributed by atoms with Crippen LogP contribution in [0.4, 0.5) is 0 Å². The molecule has 0 heterocycles. The molecule has 6 nitrogen and oxygen atoms in total. The molecule has 0 unspecified atom stereocenters. The van der Waals surface area contributed by atoms with Crippen LogP contribution in [-0.2, 0) is 22.4 Å². The highest BCUT2D eigenvalue weighted by atomic mass is 16.5. The van der Waals surface area contributed by atoms with Crippen molar-refractivity contribution in [3.8, 4) is 17.2 Å². The van der Waals surface area contributed by atoms with Crippen LogP contribution in [0.15, 0.2) is 30.3 Å². The van der Waals surface area contributed by atoms with E-state index in [2.05, 4.69) is 5.32 Å². The highest BCUT2D eigenvalue weighted by Crippen LogP contribution is 2.32. The summed E-state index contributed by atoms with van der Waals surface area (Å²) in [6, 6.07) is 7.95. The van der Waals surface area contributed by atoms with Gasteiger partial charge in [-0.3, -0.25) is 4.79 Å². The minimum absolute atomic E-state index is 0.191. The average molecular weight is 385 g/mol. The van der Waals surface area contributed by atoms with Crippen molar-refractivity contribution >= 4 is 11.9 Å². The Balaban J connectivity index is 2.25. The highest BCUT2D eigenvalue weighted by Gasteiger charge is 2.20. The van der Waals surface area contributed by atoms with Crippen molar-refractivity contribution in [3.63, 3.8) is 0 Å². The number of phenols is 1. The minimum atomic E-state index is -1.07. The zero-order chi connectivity index (χ0) is 20.8. The Kier molecular flexibility index (Phi) is 7.04. The van der Waals surface area contributed by atoms with E-state index in [1.807, 2.05) is 39.0 Å². The first-order chi connectivity index (χ1) is 13.2. The molecule has 0 bridgehead atoms. The molecule has 28 heavy (non-hydrogen) atoms. The molecular weight excluding hydrogens is 358 g/mol. The van der Waals surface area contributed by atoms with Crippen LogP contribution in [0.1, 0.15) is 42.5 Å². The zero-order valence-corrected chi connectivity index (χ0v) is 16.7. The van der Waals surface area contributed by atoms with E-state index in [0.717, 1.165) is 35.1 Å². The van der Waals surface area contributed by atoms with Gasteiger partial charge in [0.05, 0.1) is 0 Å². The Labute approximate surface area is 165 Å². The standard InChI is InChI=1S/C22H27NO5/c1-5-6-17-12-18(7-8-20(17)25)28-21-13(2)9-16(10-14(21)3)11-19(22(26)27)23-15(4)24/h7-10,12,19,25H,5-6,11H2,1-4H3,(H,23,24)(H,26,27)/t19-/m0/s1. The van der Waals surface area contributed by atoms with Gasteiger partial charge in [-0.15, -0.1) is 0 Å². The van der Waals surface area contributed by atoms with Crippen LogP contribution in [0.5, 0.6) is 17.2 Å². The van der Waals surface area contributed by atoms with Crippen LogP contribution >= 0.6 is 0 Å². The number of hydrogen-bond donors (Lipinski definition) is 3. The van der Waals surface area contributed by atoms with Gasteiger partial charge in [0.25, 0.3) is 0 Å². The molecule has 2 aromatic rings. The molecule has 0 radical (unpaired) electrons. The summed E-state index contributed by atoms with van der Waals surface area (Å²) in [7, 11) is 0. The van der Waals surface area contributed by atoms with Crippen LogP contribution < -0.4 is 10.1 Å². The molecule has 2 rings (SSSR count). The summed E-state index contributed by atoms with van der Waals surface area (Å²) in [6.07, 6.45) is 1.87. The molecule has 0 fully saturated rings. The number of carbonyl (C=O) groups excluding carboxylic acids is 1. The first-order valence-electron chi connectivity index (χ1n) is 9.31. The Bertz CT molecular complexity index is 852. The zero-order valence-electron chi connectivity index (χ0n) is 16.7. The molecule has 6 heteroatoms. The summed E-state index contributed by atoms with van der Waals surface area (Å²) in [5.41, 5.74) is 3.38. The van der Waals surface area contributed by atoms with E-state index in [4.69, 9.17) is 4.74 Å². The van der Waals surface area contributed by atoms with Crippen molar-refractivity contribution in [2.24, 2.45) is 0 Å². The van der Waals surface area contributed by atoms with E-state index < -0.39 is 12.0 Å². The second-order valence-electron chi connectivity index (χ2n) is 7.00. The Hall–Kier alpha value is -3.02. The second kappa shape index (κ2) is 9.26. The van der Waals surface area contributed by atoms with Crippen LogP contribution in [0, 0.1) is 13.8 Å². The largest absolute Gasteiger partial charge is 0.508 e. The number of nitrogens with one attached hydrogen (secondary N) is 1. The maximum absolute atomic E-state index is 11.4. The van der Waals surface area contributed by atoms with Crippen LogP contribution in [-0.4, -0.2) is 28.1 Å². The molecule has 150 valence electrons. The molecule has 0 aliphatic rings. The molecule has 0 saturated heterocycles. The number of carboxylic acid groups (broad SMARTS) is 1. The first kappa shape index (κ1) is 21.3. The van der Waals surface area contributed by atoms with Crippen LogP contribution in [0.25, 0.3) is 0 Å². The smallest absolute Gasteiger partial charge is 0.326 e. The third-order valence-corrected chi connectivity index (χ3v) is 4.43. The number of amides is 1. The lowest BCUT2D eigenvalue weighted by atomic mass is 10.00. The van der Waals surface area contributed by atoms with E-state index in [-0.39, 0.29) is 18.1 Å². The van der Waals surface area contributed by atoms with Gasteiger partial charge in [0.1, 0.15) is 23.3 Å². The number of carbonyl (C=O) groups is 2. The third kappa shape index (κ3) is 5.49. The van der Waals surface area contributed by atoms with Crippen LogP contribution in [0.3, 0.4) is 0 Å². The van der Waals surface area contributed by atoms with Crippen molar-refractivity contribution in [1.29, 1.82) is 0 Å². The number of benzene rings is 2. The van der Waals surface area contributed by atoms with E-state index in [1.165, 1.54) is 6.92 Å². The van der Waals surface area contributed by atoms with Crippen LogP contribution in [0.2, 0.25) is 0 Å². The molecular formula is C22H27NO5. The Morgan fingerprint density at radius 1 is 1.14 bits per heavy atom. The van der Waals surface area contributed by atoms with Gasteiger partial charge in [-0.05, 0) is 60.7 Å². The predicted molar refractivity (Wildman–Crippen MR) is 107 cm³/mol. The number of aryl methyl sites for hydroxylation is 3. The summed E-state index contributed by atoms with van der Waals surface area (Å²) in [5.74, 6) is 0.148. The summed E-state index contributed by atoms with van der Waals surface area (Å²) in [6.45, 7) is 7.14. The fraction of sp³-hybridized carbons (Fsp3) is 0.364. The molecule has 0 aromatic heterocycles. The van der Waals surface area contributed by atoms with Crippen molar-refractivity contribution in [2.75, 3.05) is 0 Å². The molecule has 0 aliphatic carbocycles.